The summed E-state index contributed by atoms with van der Waals surface area (Å²) in [6.07, 6.45) is 0.343. The molecule has 0 rings (SSSR count). The standard InChI is InChI=1S/C12H21NO6/c1-3-11(15)18-8-7-17-6-4-5-13-12(16)19-9-10(2)14/h3-9H2,1-2H3,(H,13,16). The first-order chi connectivity index (χ1) is 9.06. The minimum absolute atomic E-state index is 0.208. The Kier molecular flexibility index (Phi) is 10.5. The highest BCUT2D eigenvalue weighted by atomic mass is 16.6. The lowest BCUT2D eigenvalue weighted by atomic mass is 10.4. The van der Waals surface area contributed by atoms with Crippen LogP contribution in [0.2, 0.25) is 0 Å². The van der Waals surface area contributed by atoms with Crippen molar-refractivity contribution in [1.82, 2.24) is 5.32 Å². The Bertz CT molecular complexity index is 292. The quantitative estimate of drug-likeness (QED) is 0.465. The number of hydrogen-bond donors (Lipinski definition) is 1. The summed E-state index contributed by atoms with van der Waals surface area (Å²) in [4.78, 5) is 32.3. The van der Waals surface area contributed by atoms with E-state index in [1.165, 1.54) is 6.92 Å². The molecule has 0 aromatic carbocycles. The van der Waals surface area contributed by atoms with E-state index >= 15 is 0 Å². The smallest absolute Gasteiger partial charge is 0.407 e. The van der Waals surface area contributed by atoms with Crippen molar-refractivity contribution in [2.75, 3.05) is 33.0 Å². The first-order valence-corrected chi connectivity index (χ1v) is 6.19. The summed E-state index contributed by atoms with van der Waals surface area (Å²) in [7, 11) is 0. The summed E-state index contributed by atoms with van der Waals surface area (Å²) in [6, 6.07) is 0. The maximum atomic E-state index is 11.0. The van der Waals surface area contributed by atoms with E-state index in [9.17, 15) is 14.4 Å². The van der Waals surface area contributed by atoms with Gasteiger partial charge in [-0.2, -0.15) is 0 Å². The zero-order valence-electron chi connectivity index (χ0n) is 11.4. The van der Waals surface area contributed by atoms with Crippen molar-refractivity contribution in [2.24, 2.45) is 0 Å². The van der Waals surface area contributed by atoms with Crippen LogP contribution in [0, 0.1) is 0 Å². The van der Waals surface area contributed by atoms with E-state index in [2.05, 4.69) is 10.1 Å². The van der Waals surface area contributed by atoms with Gasteiger partial charge in [-0.1, -0.05) is 6.92 Å². The van der Waals surface area contributed by atoms with Crippen LogP contribution in [0.25, 0.3) is 0 Å². The van der Waals surface area contributed by atoms with Crippen molar-refractivity contribution in [2.45, 2.75) is 26.7 Å². The van der Waals surface area contributed by atoms with Crippen LogP contribution in [0.15, 0.2) is 0 Å². The number of ether oxygens (including phenoxy) is 3. The Hall–Kier alpha value is -1.63. The number of amides is 1. The molecule has 19 heavy (non-hydrogen) atoms. The number of hydrogen-bond acceptors (Lipinski definition) is 6. The van der Waals surface area contributed by atoms with Gasteiger partial charge in [0, 0.05) is 19.6 Å². The molecule has 1 amide bonds. The van der Waals surface area contributed by atoms with Crippen LogP contribution in [0.5, 0.6) is 0 Å². The van der Waals surface area contributed by atoms with Crippen LogP contribution in [-0.4, -0.2) is 50.8 Å². The molecule has 0 spiro atoms. The number of carbonyl (C=O) groups is 3. The molecule has 0 aliphatic heterocycles. The van der Waals surface area contributed by atoms with Gasteiger partial charge in [-0.3, -0.25) is 9.59 Å². The van der Waals surface area contributed by atoms with Crippen molar-refractivity contribution in [3.8, 4) is 0 Å². The molecule has 0 atom stereocenters. The van der Waals surface area contributed by atoms with Gasteiger partial charge in [0.1, 0.15) is 6.61 Å². The number of esters is 1. The Morgan fingerprint density at radius 1 is 1.05 bits per heavy atom. The Balaban J connectivity index is 3.24. The molecule has 0 bridgehead atoms. The molecule has 0 aromatic rings. The number of rotatable bonds is 10. The fraction of sp³-hybridized carbons (Fsp3) is 0.750. The number of ketones is 1. The second-order valence-electron chi connectivity index (χ2n) is 3.74. The highest BCUT2D eigenvalue weighted by Gasteiger charge is 2.02. The highest BCUT2D eigenvalue weighted by molar-refractivity contribution is 5.79. The van der Waals surface area contributed by atoms with Crippen LogP contribution in [0.4, 0.5) is 4.79 Å². The molecule has 7 heteroatoms. The highest BCUT2D eigenvalue weighted by Crippen LogP contribution is 1.87. The molecule has 1 N–H and O–H groups in total. The molecular formula is C12H21NO6. The summed E-state index contributed by atoms with van der Waals surface area (Å²) < 4.78 is 14.6. The number of alkyl carbamates (subject to hydrolysis) is 1. The van der Waals surface area contributed by atoms with Crippen molar-refractivity contribution >= 4 is 17.8 Å². The SMILES string of the molecule is CCC(=O)OCCOCCCNC(=O)OCC(C)=O. The summed E-state index contributed by atoms with van der Waals surface area (Å²) in [6.45, 7) is 4.25. The van der Waals surface area contributed by atoms with Crippen LogP contribution in [-0.2, 0) is 23.8 Å². The van der Waals surface area contributed by atoms with Gasteiger partial charge in [0.15, 0.2) is 12.4 Å². The maximum Gasteiger partial charge on any atom is 0.407 e. The average molecular weight is 275 g/mol. The molecule has 0 heterocycles. The lowest BCUT2D eigenvalue weighted by molar-refractivity contribution is -0.144. The summed E-state index contributed by atoms with van der Waals surface area (Å²) in [5.74, 6) is -0.460. The second-order valence-corrected chi connectivity index (χ2v) is 3.74. The number of Topliss-reactive ketones (excluding diaryl/α,β-unsaturated/α-hetero) is 1. The van der Waals surface area contributed by atoms with Gasteiger partial charge < -0.3 is 19.5 Å². The van der Waals surface area contributed by atoms with Gasteiger partial charge in [-0.25, -0.2) is 4.79 Å². The molecule has 0 aliphatic rings. The topological polar surface area (TPSA) is 90.9 Å². The first-order valence-electron chi connectivity index (χ1n) is 6.19. The van der Waals surface area contributed by atoms with Gasteiger partial charge >= 0.3 is 12.1 Å². The molecule has 110 valence electrons. The van der Waals surface area contributed by atoms with E-state index < -0.39 is 6.09 Å². The Morgan fingerprint density at radius 2 is 1.79 bits per heavy atom. The van der Waals surface area contributed by atoms with Crippen LogP contribution < -0.4 is 5.32 Å². The second kappa shape index (κ2) is 11.5. The monoisotopic (exact) mass is 275 g/mol. The minimum Gasteiger partial charge on any atom is -0.463 e. The van der Waals surface area contributed by atoms with Gasteiger partial charge in [-0.15, -0.1) is 0 Å². The third kappa shape index (κ3) is 12.6. The Morgan fingerprint density at radius 3 is 2.42 bits per heavy atom. The number of nitrogens with one attached hydrogen (secondary N) is 1. The van der Waals surface area contributed by atoms with E-state index in [1.54, 1.807) is 6.92 Å². The number of carbonyl (C=O) groups excluding carboxylic acids is 3. The van der Waals surface area contributed by atoms with Crippen molar-refractivity contribution in [1.29, 1.82) is 0 Å². The van der Waals surface area contributed by atoms with Gasteiger partial charge in [0.25, 0.3) is 0 Å². The largest absolute Gasteiger partial charge is 0.463 e. The minimum atomic E-state index is -0.618. The molecule has 0 saturated heterocycles. The zero-order valence-corrected chi connectivity index (χ0v) is 11.4. The normalized spacial score (nSPS) is 9.79. The Labute approximate surface area is 112 Å². The molecule has 7 nitrogen and oxygen atoms in total. The third-order valence-corrected chi connectivity index (χ3v) is 1.92. The van der Waals surface area contributed by atoms with E-state index in [4.69, 9.17) is 9.47 Å². The maximum absolute atomic E-state index is 11.0. The van der Waals surface area contributed by atoms with E-state index in [1.807, 2.05) is 0 Å². The van der Waals surface area contributed by atoms with Gasteiger partial charge in [0.05, 0.1) is 6.61 Å². The first kappa shape index (κ1) is 17.4. The van der Waals surface area contributed by atoms with Gasteiger partial charge in [0.2, 0.25) is 0 Å². The van der Waals surface area contributed by atoms with Crippen LogP contribution in [0.1, 0.15) is 26.7 Å². The molecular weight excluding hydrogens is 254 g/mol. The van der Waals surface area contributed by atoms with Gasteiger partial charge in [-0.05, 0) is 13.3 Å². The molecule has 0 aromatic heterocycles. The van der Waals surface area contributed by atoms with Crippen molar-refractivity contribution in [3.63, 3.8) is 0 Å². The van der Waals surface area contributed by atoms with E-state index in [0.717, 1.165) is 0 Å². The van der Waals surface area contributed by atoms with Crippen molar-refractivity contribution < 1.29 is 28.6 Å². The summed E-state index contributed by atoms with van der Waals surface area (Å²) in [5, 5.41) is 2.48. The molecule has 0 radical (unpaired) electrons. The predicted octanol–water partition coefficient (Wildman–Crippen LogP) is 0.661. The molecule has 0 unspecified atom stereocenters. The van der Waals surface area contributed by atoms with Crippen molar-refractivity contribution in [3.05, 3.63) is 0 Å². The zero-order chi connectivity index (χ0) is 14.5. The van der Waals surface area contributed by atoms with E-state index in [-0.39, 0.29) is 25.0 Å². The van der Waals surface area contributed by atoms with Crippen LogP contribution >= 0.6 is 0 Å². The summed E-state index contributed by atoms with van der Waals surface area (Å²) >= 11 is 0. The fourth-order valence-corrected chi connectivity index (χ4v) is 1.00. The molecule has 0 saturated carbocycles. The van der Waals surface area contributed by atoms with Crippen LogP contribution in [0.3, 0.4) is 0 Å². The fourth-order valence-electron chi connectivity index (χ4n) is 1.00. The average Bonchev–Trinajstić information content (AvgIpc) is 2.38. The molecule has 0 aliphatic carbocycles. The predicted molar refractivity (Wildman–Crippen MR) is 66.7 cm³/mol. The third-order valence-electron chi connectivity index (χ3n) is 1.92. The van der Waals surface area contributed by atoms with E-state index in [0.29, 0.717) is 32.6 Å². The lowest BCUT2D eigenvalue weighted by Gasteiger charge is -2.07. The lowest BCUT2D eigenvalue weighted by Crippen LogP contribution is -2.27. The molecule has 0 fully saturated rings. The summed E-state index contributed by atoms with van der Waals surface area (Å²) in [5.41, 5.74) is 0.